The molecule has 0 radical (unpaired) electrons. The summed E-state index contributed by atoms with van der Waals surface area (Å²) in [6, 6.07) is 12.9. The van der Waals surface area contributed by atoms with E-state index >= 15 is 0 Å². The highest BCUT2D eigenvalue weighted by Gasteiger charge is 2.26. The molecule has 0 amide bonds. The van der Waals surface area contributed by atoms with Crippen LogP contribution < -0.4 is 0 Å². The Hall–Kier alpha value is -1.84. The zero-order valence-corrected chi connectivity index (χ0v) is 14.2. The maximum absolute atomic E-state index is 6.55. The van der Waals surface area contributed by atoms with Crippen LogP contribution in [0.2, 0.25) is 5.02 Å². The Morgan fingerprint density at radius 3 is 2.74 bits per heavy atom. The number of fused-ring (bicyclic) bond motifs is 3. The summed E-state index contributed by atoms with van der Waals surface area (Å²) in [4.78, 5) is 2.41. The summed E-state index contributed by atoms with van der Waals surface area (Å²) in [5, 5.41) is 6.46. The van der Waals surface area contributed by atoms with Gasteiger partial charge >= 0.3 is 0 Å². The lowest BCUT2D eigenvalue weighted by atomic mass is 9.86. The van der Waals surface area contributed by atoms with E-state index in [9.17, 15) is 0 Å². The van der Waals surface area contributed by atoms with Gasteiger partial charge in [0.1, 0.15) is 0 Å². The van der Waals surface area contributed by atoms with Crippen molar-refractivity contribution in [3.63, 3.8) is 0 Å². The first kappa shape index (κ1) is 14.7. The van der Waals surface area contributed by atoms with Crippen LogP contribution in [-0.2, 0) is 13.5 Å². The molecule has 0 saturated carbocycles. The number of hydrogen-bond donors (Lipinski definition) is 0. The van der Waals surface area contributed by atoms with E-state index in [-0.39, 0.29) is 0 Å². The van der Waals surface area contributed by atoms with Crippen LogP contribution in [0.3, 0.4) is 0 Å². The highest BCUT2D eigenvalue weighted by molar-refractivity contribution is 6.35. The van der Waals surface area contributed by atoms with E-state index < -0.39 is 0 Å². The fourth-order valence-electron chi connectivity index (χ4n) is 3.77. The van der Waals surface area contributed by atoms with Crippen LogP contribution in [0, 0.1) is 0 Å². The maximum Gasteiger partial charge on any atom is 0.0868 e. The molecule has 2 aromatic carbocycles. The number of hydrogen-bond acceptors (Lipinski definition) is 2. The Labute approximate surface area is 141 Å². The molecule has 3 aromatic rings. The third kappa shape index (κ3) is 2.44. The van der Waals surface area contributed by atoms with Gasteiger partial charge in [0.05, 0.1) is 16.7 Å². The summed E-state index contributed by atoms with van der Waals surface area (Å²) >= 11 is 6.55. The molecule has 0 spiro atoms. The predicted octanol–water partition coefficient (Wildman–Crippen LogP) is 3.85. The quantitative estimate of drug-likeness (QED) is 0.677. The number of rotatable bonds is 1. The lowest BCUT2D eigenvalue weighted by Gasteiger charge is -2.23. The van der Waals surface area contributed by atoms with Gasteiger partial charge in [-0.1, -0.05) is 41.9 Å². The van der Waals surface area contributed by atoms with Crippen LogP contribution in [0.15, 0.2) is 42.6 Å². The molecule has 118 valence electrons. The van der Waals surface area contributed by atoms with Crippen LogP contribution in [0.1, 0.15) is 22.6 Å². The van der Waals surface area contributed by atoms with Gasteiger partial charge in [-0.25, -0.2) is 0 Å². The van der Waals surface area contributed by atoms with Gasteiger partial charge in [-0.2, -0.15) is 5.10 Å². The number of aryl methyl sites for hydroxylation is 1. The molecular formula is C19H20ClN3. The molecule has 1 atom stereocenters. The Bertz CT molecular complexity index is 854. The van der Waals surface area contributed by atoms with Crippen molar-refractivity contribution < 1.29 is 0 Å². The van der Waals surface area contributed by atoms with Crippen molar-refractivity contribution in [2.75, 3.05) is 20.1 Å². The molecule has 23 heavy (non-hydrogen) atoms. The first-order valence-electron chi connectivity index (χ1n) is 8.01. The number of halogens is 1. The minimum atomic E-state index is 0.350. The van der Waals surface area contributed by atoms with Crippen LogP contribution in [0.25, 0.3) is 10.9 Å². The normalized spacial score (nSPS) is 18.8. The molecule has 0 aliphatic carbocycles. The van der Waals surface area contributed by atoms with E-state index in [2.05, 4.69) is 53.4 Å². The van der Waals surface area contributed by atoms with Gasteiger partial charge in [-0.3, -0.25) is 4.68 Å². The van der Waals surface area contributed by atoms with Crippen LogP contribution in [0.4, 0.5) is 0 Å². The van der Waals surface area contributed by atoms with E-state index in [0.29, 0.717) is 5.92 Å². The summed E-state index contributed by atoms with van der Waals surface area (Å²) in [5.74, 6) is 0.350. The van der Waals surface area contributed by atoms with Crippen LogP contribution in [-0.4, -0.2) is 34.8 Å². The molecule has 0 unspecified atom stereocenters. The molecule has 4 heteroatoms. The monoisotopic (exact) mass is 325 g/mol. The number of aromatic nitrogens is 2. The molecule has 0 saturated heterocycles. The minimum Gasteiger partial charge on any atom is -0.305 e. The third-order valence-corrected chi connectivity index (χ3v) is 5.20. The van der Waals surface area contributed by atoms with Gasteiger partial charge in [-0.05, 0) is 36.2 Å². The second kappa shape index (κ2) is 5.66. The molecule has 1 aliphatic rings. The molecule has 1 aliphatic heterocycles. The summed E-state index contributed by atoms with van der Waals surface area (Å²) in [6.07, 6.45) is 3.00. The average molecular weight is 326 g/mol. The van der Waals surface area contributed by atoms with Crippen molar-refractivity contribution >= 4 is 22.5 Å². The molecule has 0 bridgehead atoms. The number of likely N-dealkylation sites (N-methyl/N-ethyl adjacent to an activating group) is 1. The lowest BCUT2D eigenvalue weighted by Crippen LogP contribution is -2.24. The Kier molecular flexibility index (Phi) is 3.63. The smallest absolute Gasteiger partial charge is 0.0868 e. The lowest BCUT2D eigenvalue weighted by molar-refractivity contribution is 0.338. The van der Waals surface area contributed by atoms with E-state index in [0.717, 1.165) is 30.0 Å². The molecule has 2 heterocycles. The third-order valence-electron chi connectivity index (χ3n) is 4.91. The standard InChI is InChI=1S/C19H20ClN3/c1-22-9-8-14-10-17(20)19-15(11-21-23(19)2)18(14)16(12-22)13-6-4-3-5-7-13/h3-7,10-11,16H,8-9,12H2,1-2H3/t16-/m1/s1. The molecule has 0 N–H and O–H groups in total. The molecule has 4 rings (SSSR count). The topological polar surface area (TPSA) is 21.1 Å². The van der Waals surface area contributed by atoms with Crippen molar-refractivity contribution in [2.45, 2.75) is 12.3 Å². The average Bonchev–Trinajstić information content (AvgIpc) is 2.86. The Morgan fingerprint density at radius 2 is 1.96 bits per heavy atom. The van der Waals surface area contributed by atoms with Crippen LogP contribution in [0.5, 0.6) is 0 Å². The van der Waals surface area contributed by atoms with Gasteiger partial charge < -0.3 is 4.90 Å². The van der Waals surface area contributed by atoms with Crippen molar-refractivity contribution in [2.24, 2.45) is 7.05 Å². The zero-order chi connectivity index (χ0) is 16.0. The zero-order valence-electron chi connectivity index (χ0n) is 13.5. The van der Waals surface area contributed by atoms with E-state index in [1.807, 2.05) is 17.9 Å². The first-order chi connectivity index (χ1) is 11.1. The van der Waals surface area contributed by atoms with Gasteiger partial charge in [0, 0.05) is 31.4 Å². The SMILES string of the molecule is CN1CCc2cc(Cl)c3c(cnn3C)c2[C@@H](c2ccccc2)C1. The fraction of sp³-hybridized carbons (Fsp3) is 0.316. The van der Waals surface area contributed by atoms with Crippen molar-refractivity contribution in [3.8, 4) is 0 Å². The van der Waals surface area contributed by atoms with Crippen molar-refractivity contribution in [1.82, 2.24) is 14.7 Å². The second-order valence-electron chi connectivity index (χ2n) is 6.44. The number of nitrogens with zero attached hydrogens (tertiary/aromatic N) is 3. The van der Waals surface area contributed by atoms with Crippen LogP contribution >= 0.6 is 11.6 Å². The fourth-order valence-corrected chi connectivity index (χ4v) is 4.13. The summed E-state index contributed by atoms with van der Waals surface area (Å²) in [7, 11) is 4.16. The maximum atomic E-state index is 6.55. The Morgan fingerprint density at radius 1 is 1.17 bits per heavy atom. The van der Waals surface area contributed by atoms with E-state index in [4.69, 9.17) is 11.6 Å². The Balaban J connectivity index is 2.01. The summed E-state index contributed by atoms with van der Waals surface area (Å²) in [5.41, 5.74) is 5.15. The van der Waals surface area contributed by atoms with E-state index in [1.54, 1.807) is 0 Å². The van der Waals surface area contributed by atoms with Gasteiger partial charge in [0.2, 0.25) is 0 Å². The molecule has 1 aromatic heterocycles. The summed E-state index contributed by atoms with van der Waals surface area (Å²) in [6.45, 7) is 2.07. The van der Waals surface area contributed by atoms with Gasteiger partial charge in [0.25, 0.3) is 0 Å². The highest BCUT2D eigenvalue weighted by Crippen LogP contribution is 2.39. The van der Waals surface area contributed by atoms with Gasteiger partial charge in [0.15, 0.2) is 0 Å². The molecule has 3 nitrogen and oxygen atoms in total. The van der Waals surface area contributed by atoms with Crippen molar-refractivity contribution in [3.05, 3.63) is 64.3 Å². The highest BCUT2D eigenvalue weighted by atomic mass is 35.5. The molecular weight excluding hydrogens is 306 g/mol. The summed E-state index contributed by atoms with van der Waals surface area (Å²) < 4.78 is 1.88. The first-order valence-corrected chi connectivity index (χ1v) is 8.39. The van der Waals surface area contributed by atoms with E-state index in [1.165, 1.54) is 22.1 Å². The minimum absolute atomic E-state index is 0.350. The number of benzene rings is 2. The predicted molar refractivity (Wildman–Crippen MR) is 95.2 cm³/mol. The van der Waals surface area contributed by atoms with Gasteiger partial charge in [-0.15, -0.1) is 0 Å². The molecule has 0 fully saturated rings. The second-order valence-corrected chi connectivity index (χ2v) is 6.84. The van der Waals surface area contributed by atoms with Crippen molar-refractivity contribution in [1.29, 1.82) is 0 Å². The largest absolute Gasteiger partial charge is 0.305 e.